The molecular formula is C22H35N5O2. The summed E-state index contributed by atoms with van der Waals surface area (Å²) in [4.78, 5) is 25.3. The average molecular weight is 402 g/mol. The fourth-order valence-corrected chi connectivity index (χ4v) is 3.35. The van der Waals surface area contributed by atoms with Gasteiger partial charge in [-0.2, -0.15) is 0 Å². The zero-order valence-electron chi connectivity index (χ0n) is 18.1. The smallest absolute Gasteiger partial charge is 0.246 e. The molecule has 2 aliphatic rings. The van der Waals surface area contributed by atoms with Crippen molar-refractivity contribution in [1.82, 2.24) is 19.9 Å². The van der Waals surface area contributed by atoms with Gasteiger partial charge in [0.15, 0.2) is 0 Å². The molecule has 0 spiro atoms. The van der Waals surface area contributed by atoms with Crippen LogP contribution in [0.2, 0.25) is 0 Å². The molecule has 2 N–H and O–H groups in total. The van der Waals surface area contributed by atoms with Crippen molar-refractivity contribution in [3.8, 4) is 0 Å². The summed E-state index contributed by atoms with van der Waals surface area (Å²) in [6.07, 6.45) is 9.55. The first-order valence-electron chi connectivity index (χ1n) is 10.6. The maximum atomic E-state index is 11.9. The van der Waals surface area contributed by atoms with E-state index in [1.54, 1.807) is 13.4 Å². The summed E-state index contributed by atoms with van der Waals surface area (Å²) in [5, 5.41) is 4.41. The van der Waals surface area contributed by atoms with E-state index in [0.717, 1.165) is 42.2 Å². The Bertz CT molecular complexity index is 771. The van der Waals surface area contributed by atoms with Crippen molar-refractivity contribution in [2.45, 2.75) is 58.5 Å². The predicted molar refractivity (Wildman–Crippen MR) is 118 cm³/mol. The highest BCUT2D eigenvalue weighted by atomic mass is 16.5. The monoisotopic (exact) mass is 401 g/mol. The molecule has 29 heavy (non-hydrogen) atoms. The number of nitrogens with zero attached hydrogens (tertiary/aromatic N) is 3. The van der Waals surface area contributed by atoms with Gasteiger partial charge in [0.25, 0.3) is 0 Å². The Kier molecular flexibility index (Phi) is 9.12. The van der Waals surface area contributed by atoms with Crippen LogP contribution in [0.1, 0.15) is 46.5 Å². The van der Waals surface area contributed by atoms with Crippen molar-refractivity contribution in [2.75, 3.05) is 25.6 Å². The lowest BCUT2D eigenvalue weighted by Gasteiger charge is -2.38. The van der Waals surface area contributed by atoms with Crippen molar-refractivity contribution >= 4 is 22.8 Å². The summed E-state index contributed by atoms with van der Waals surface area (Å²) >= 11 is 0. The molecule has 0 bridgehead atoms. The summed E-state index contributed by atoms with van der Waals surface area (Å²) in [7, 11) is 1.76. The predicted octanol–water partition coefficient (Wildman–Crippen LogP) is 4.00. The van der Waals surface area contributed by atoms with Crippen LogP contribution in [0.25, 0.3) is 11.0 Å². The lowest BCUT2D eigenvalue weighted by Crippen LogP contribution is -2.49. The third-order valence-electron chi connectivity index (χ3n) is 5.13. The number of H-pyrrole nitrogens is 1. The number of carbonyl (C=O) groups excluding carboxylic acids is 1. The van der Waals surface area contributed by atoms with E-state index in [9.17, 15) is 4.79 Å². The van der Waals surface area contributed by atoms with Crippen LogP contribution in [0.4, 0.5) is 5.82 Å². The molecule has 4 rings (SSSR count). The van der Waals surface area contributed by atoms with Gasteiger partial charge in [-0.3, -0.25) is 4.79 Å². The Labute approximate surface area is 173 Å². The largest absolute Gasteiger partial charge is 0.384 e. The molecule has 7 nitrogen and oxygen atoms in total. The van der Waals surface area contributed by atoms with Gasteiger partial charge < -0.3 is 19.9 Å². The standard InChI is InChI=1S/C15H19N5O.C5H10O.C2H6/c1-3-13(21)20-8-11(5-4-10(20)2)19-15-12-6-7-16-14(12)17-9-18-15;1-6-4-5-2-3-5;1-2/h3,6-7,9-11H,1,4-5,8H2,2H3,(H2,16,17,18,19);5H,2-4H2,1H3;1-2H3. The summed E-state index contributed by atoms with van der Waals surface area (Å²) in [5.41, 5.74) is 0.815. The van der Waals surface area contributed by atoms with Crippen LogP contribution in [0.3, 0.4) is 0 Å². The number of fused-ring (bicyclic) bond motifs is 1. The Morgan fingerprint density at radius 1 is 1.34 bits per heavy atom. The first-order chi connectivity index (χ1) is 14.1. The van der Waals surface area contributed by atoms with Crippen LogP contribution in [0.15, 0.2) is 31.2 Å². The Hall–Kier alpha value is -2.41. The molecule has 3 heterocycles. The second-order valence-corrected chi connectivity index (χ2v) is 7.32. The van der Waals surface area contributed by atoms with E-state index >= 15 is 0 Å². The number of hydrogen-bond acceptors (Lipinski definition) is 5. The molecule has 0 aromatic carbocycles. The van der Waals surface area contributed by atoms with Crippen molar-refractivity contribution in [2.24, 2.45) is 5.92 Å². The minimum absolute atomic E-state index is 0.0107. The van der Waals surface area contributed by atoms with Gasteiger partial charge in [0.1, 0.15) is 17.8 Å². The number of nitrogens with one attached hydrogen (secondary N) is 2. The summed E-state index contributed by atoms with van der Waals surface area (Å²) in [6, 6.07) is 2.40. The van der Waals surface area contributed by atoms with E-state index in [2.05, 4.69) is 33.8 Å². The van der Waals surface area contributed by atoms with Crippen molar-refractivity contribution < 1.29 is 9.53 Å². The molecule has 1 aliphatic carbocycles. The third kappa shape index (κ3) is 6.56. The minimum atomic E-state index is -0.0107. The van der Waals surface area contributed by atoms with Crippen LogP contribution >= 0.6 is 0 Å². The third-order valence-corrected chi connectivity index (χ3v) is 5.13. The number of methoxy groups -OCH3 is 1. The highest BCUT2D eigenvalue weighted by molar-refractivity contribution is 5.88. The van der Waals surface area contributed by atoms with Gasteiger partial charge >= 0.3 is 0 Å². The first-order valence-corrected chi connectivity index (χ1v) is 10.6. The number of carbonyl (C=O) groups is 1. The van der Waals surface area contributed by atoms with E-state index < -0.39 is 0 Å². The number of aromatic amines is 1. The van der Waals surface area contributed by atoms with Gasteiger partial charge in [-0.25, -0.2) is 9.97 Å². The second kappa shape index (κ2) is 11.6. The van der Waals surface area contributed by atoms with Gasteiger partial charge in [-0.15, -0.1) is 0 Å². The SMILES string of the molecule is C=CC(=O)N1CC(Nc2ncnc3[nH]ccc23)CCC1C.CC.COCC1CC1. The van der Waals surface area contributed by atoms with E-state index in [1.165, 1.54) is 18.9 Å². The Morgan fingerprint density at radius 2 is 2.10 bits per heavy atom. The molecule has 2 aromatic rings. The number of amides is 1. The number of piperidine rings is 1. The molecule has 2 aromatic heterocycles. The average Bonchev–Trinajstić information content (AvgIpc) is 3.44. The lowest BCUT2D eigenvalue weighted by atomic mass is 9.99. The van der Waals surface area contributed by atoms with Gasteiger partial charge in [0.05, 0.1) is 5.39 Å². The summed E-state index contributed by atoms with van der Waals surface area (Å²) < 4.78 is 4.87. The van der Waals surface area contributed by atoms with Crippen LogP contribution in [0, 0.1) is 5.92 Å². The van der Waals surface area contributed by atoms with Gasteiger partial charge in [0, 0.05) is 38.5 Å². The number of anilines is 1. The lowest BCUT2D eigenvalue weighted by molar-refractivity contribution is -0.129. The maximum absolute atomic E-state index is 11.9. The molecule has 7 heteroatoms. The number of rotatable bonds is 5. The topological polar surface area (TPSA) is 83.1 Å². The van der Waals surface area contributed by atoms with Crippen molar-refractivity contribution in [3.63, 3.8) is 0 Å². The second-order valence-electron chi connectivity index (χ2n) is 7.32. The number of ether oxygens (including phenoxy) is 1. The number of hydrogen-bond donors (Lipinski definition) is 2. The van der Waals surface area contributed by atoms with Crippen molar-refractivity contribution in [3.05, 3.63) is 31.2 Å². The maximum Gasteiger partial charge on any atom is 0.246 e. The van der Waals surface area contributed by atoms with Crippen LogP contribution < -0.4 is 5.32 Å². The molecule has 1 saturated heterocycles. The molecule has 1 amide bonds. The molecule has 2 atom stereocenters. The summed E-state index contributed by atoms with van der Waals surface area (Å²) in [6.45, 7) is 11.3. The van der Waals surface area contributed by atoms with E-state index in [1.807, 2.05) is 31.0 Å². The first kappa shape index (κ1) is 22.9. The molecule has 2 unspecified atom stereocenters. The van der Waals surface area contributed by atoms with Gasteiger partial charge in [0.2, 0.25) is 5.91 Å². The number of likely N-dealkylation sites (tertiary alicyclic amines) is 1. The fraction of sp³-hybridized carbons (Fsp3) is 0.591. The Balaban J connectivity index is 0.000000317. The highest BCUT2D eigenvalue weighted by Gasteiger charge is 2.28. The molecule has 2 fully saturated rings. The normalized spacial score (nSPS) is 20.8. The van der Waals surface area contributed by atoms with Gasteiger partial charge in [-0.1, -0.05) is 20.4 Å². The van der Waals surface area contributed by atoms with E-state index in [-0.39, 0.29) is 18.0 Å². The van der Waals surface area contributed by atoms with Crippen LogP contribution in [-0.2, 0) is 9.53 Å². The minimum Gasteiger partial charge on any atom is -0.384 e. The van der Waals surface area contributed by atoms with Crippen molar-refractivity contribution in [1.29, 1.82) is 0 Å². The van der Waals surface area contributed by atoms with Gasteiger partial charge in [-0.05, 0) is 50.7 Å². The molecule has 160 valence electrons. The summed E-state index contributed by atoms with van der Waals surface area (Å²) in [5.74, 6) is 1.73. The van der Waals surface area contributed by atoms with Crippen LogP contribution in [-0.4, -0.2) is 58.1 Å². The highest BCUT2D eigenvalue weighted by Crippen LogP contribution is 2.28. The van der Waals surface area contributed by atoms with E-state index in [0.29, 0.717) is 6.54 Å². The zero-order valence-corrected chi connectivity index (χ0v) is 18.1. The van der Waals surface area contributed by atoms with E-state index in [4.69, 9.17) is 4.74 Å². The quantitative estimate of drug-likeness (QED) is 0.740. The molecule has 1 saturated carbocycles. The Morgan fingerprint density at radius 3 is 2.72 bits per heavy atom. The molecule has 1 aliphatic heterocycles. The zero-order chi connectivity index (χ0) is 21.2. The molecular weight excluding hydrogens is 366 g/mol. The fourth-order valence-electron chi connectivity index (χ4n) is 3.35. The van der Waals surface area contributed by atoms with Crippen LogP contribution in [0.5, 0.6) is 0 Å². The molecule has 0 radical (unpaired) electrons. The number of aromatic nitrogens is 3.